The summed E-state index contributed by atoms with van der Waals surface area (Å²) >= 11 is 0. The number of nitrogens with one attached hydrogen (secondary N) is 1. The molecule has 1 aromatic heterocycles. The van der Waals surface area contributed by atoms with Crippen molar-refractivity contribution in [2.24, 2.45) is 0 Å². The van der Waals surface area contributed by atoms with Gasteiger partial charge >= 0.3 is 5.97 Å². The minimum absolute atomic E-state index is 0.257. The quantitative estimate of drug-likeness (QED) is 0.670. The molecule has 1 saturated heterocycles. The highest BCUT2D eigenvalue weighted by Crippen LogP contribution is 2.20. The number of aromatic carboxylic acids is 1. The fourth-order valence-electron chi connectivity index (χ4n) is 3.41. The molecule has 7 heteroatoms. The number of benzene rings is 2. The van der Waals surface area contributed by atoms with Crippen LogP contribution in [0.4, 0.5) is 17.3 Å². The molecule has 29 heavy (non-hydrogen) atoms. The number of rotatable bonds is 6. The van der Waals surface area contributed by atoms with E-state index < -0.39 is 5.97 Å². The third-order valence-corrected chi connectivity index (χ3v) is 5.00. The number of hydrogen-bond acceptors (Lipinski definition) is 6. The Morgan fingerprint density at radius 1 is 0.966 bits per heavy atom. The maximum atomic E-state index is 11.0. The molecule has 3 aromatic rings. The number of carbonyl (C=O) groups is 1. The van der Waals surface area contributed by atoms with E-state index >= 15 is 0 Å². The summed E-state index contributed by atoms with van der Waals surface area (Å²) < 4.78 is 0. The highest BCUT2D eigenvalue weighted by Gasteiger charge is 2.18. The van der Waals surface area contributed by atoms with Crippen molar-refractivity contribution in [1.82, 2.24) is 14.9 Å². The lowest BCUT2D eigenvalue weighted by Gasteiger charge is -2.35. The Bertz CT molecular complexity index is 954. The molecule has 4 rings (SSSR count). The van der Waals surface area contributed by atoms with Crippen LogP contribution in [0.15, 0.2) is 67.0 Å². The van der Waals surface area contributed by atoms with E-state index in [4.69, 9.17) is 5.11 Å². The van der Waals surface area contributed by atoms with Gasteiger partial charge in [-0.15, -0.1) is 0 Å². The average Bonchev–Trinajstić information content (AvgIpc) is 2.76. The molecule has 0 radical (unpaired) electrons. The first-order valence-electron chi connectivity index (χ1n) is 9.61. The number of aromatic nitrogens is 2. The number of nitrogens with zero attached hydrogens (tertiary/aromatic N) is 4. The Kier molecular flexibility index (Phi) is 5.67. The summed E-state index contributed by atoms with van der Waals surface area (Å²) in [7, 11) is 0. The fourth-order valence-corrected chi connectivity index (χ4v) is 3.41. The molecule has 0 atom stereocenters. The average molecular weight is 389 g/mol. The number of piperazine rings is 1. The van der Waals surface area contributed by atoms with Gasteiger partial charge in [0, 0.05) is 44.5 Å². The van der Waals surface area contributed by atoms with E-state index in [9.17, 15) is 4.79 Å². The van der Waals surface area contributed by atoms with E-state index in [1.54, 1.807) is 30.6 Å². The lowest BCUT2D eigenvalue weighted by atomic mass is 10.2. The maximum Gasteiger partial charge on any atom is 0.335 e. The number of carboxylic acid groups (broad SMARTS) is 1. The minimum atomic E-state index is -0.938. The summed E-state index contributed by atoms with van der Waals surface area (Å²) in [6.07, 6.45) is 1.56. The second kappa shape index (κ2) is 8.70. The summed E-state index contributed by atoms with van der Waals surface area (Å²) in [4.78, 5) is 24.4. The first kappa shape index (κ1) is 18.9. The zero-order valence-electron chi connectivity index (χ0n) is 16.0. The molecule has 1 fully saturated rings. The van der Waals surface area contributed by atoms with E-state index in [-0.39, 0.29) is 5.56 Å². The molecular weight excluding hydrogens is 366 g/mol. The molecular formula is C22H23N5O2. The van der Waals surface area contributed by atoms with Gasteiger partial charge in [0.15, 0.2) is 0 Å². The van der Waals surface area contributed by atoms with Gasteiger partial charge in [-0.25, -0.2) is 14.8 Å². The monoisotopic (exact) mass is 389 g/mol. The lowest BCUT2D eigenvalue weighted by molar-refractivity contribution is 0.0697. The summed E-state index contributed by atoms with van der Waals surface area (Å²) in [5.41, 5.74) is 2.38. The van der Waals surface area contributed by atoms with E-state index in [0.717, 1.165) is 44.2 Å². The van der Waals surface area contributed by atoms with Crippen LogP contribution < -0.4 is 10.2 Å². The Morgan fingerprint density at radius 3 is 2.38 bits per heavy atom. The smallest absolute Gasteiger partial charge is 0.335 e. The molecule has 0 amide bonds. The van der Waals surface area contributed by atoms with Crippen molar-refractivity contribution in [2.75, 3.05) is 36.4 Å². The van der Waals surface area contributed by atoms with Gasteiger partial charge < -0.3 is 15.3 Å². The summed E-state index contributed by atoms with van der Waals surface area (Å²) in [5.74, 6) is 0.640. The molecule has 148 valence electrons. The van der Waals surface area contributed by atoms with Crippen LogP contribution in [-0.2, 0) is 6.54 Å². The van der Waals surface area contributed by atoms with Crippen LogP contribution in [0.2, 0.25) is 0 Å². The van der Waals surface area contributed by atoms with Gasteiger partial charge in [-0.05, 0) is 29.8 Å². The molecule has 0 spiro atoms. The van der Waals surface area contributed by atoms with Gasteiger partial charge in [-0.3, -0.25) is 4.90 Å². The van der Waals surface area contributed by atoms with E-state index in [0.29, 0.717) is 5.82 Å². The van der Waals surface area contributed by atoms with E-state index in [1.165, 1.54) is 5.56 Å². The van der Waals surface area contributed by atoms with Gasteiger partial charge in [0.25, 0.3) is 0 Å². The van der Waals surface area contributed by atoms with Gasteiger partial charge in [0.2, 0.25) is 0 Å². The van der Waals surface area contributed by atoms with Crippen molar-refractivity contribution in [3.05, 3.63) is 78.1 Å². The van der Waals surface area contributed by atoms with Crippen molar-refractivity contribution in [3.63, 3.8) is 0 Å². The molecule has 2 heterocycles. The van der Waals surface area contributed by atoms with Crippen LogP contribution >= 0.6 is 0 Å². The maximum absolute atomic E-state index is 11.0. The third kappa shape index (κ3) is 4.89. The van der Waals surface area contributed by atoms with Crippen molar-refractivity contribution in [3.8, 4) is 0 Å². The van der Waals surface area contributed by atoms with Gasteiger partial charge in [-0.2, -0.15) is 0 Å². The zero-order chi connectivity index (χ0) is 20.1. The number of carboxylic acids is 1. The summed E-state index contributed by atoms with van der Waals surface area (Å²) in [5, 5.41) is 12.2. The van der Waals surface area contributed by atoms with Crippen LogP contribution in [0.3, 0.4) is 0 Å². The Balaban J connectivity index is 1.36. The predicted octanol–water partition coefficient (Wildman–Crippen LogP) is 3.24. The topological polar surface area (TPSA) is 81.6 Å². The van der Waals surface area contributed by atoms with Gasteiger partial charge in [-0.1, -0.05) is 30.3 Å². The SMILES string of the molecule is O=C(O)c1ccc(Nc2cc(N3CCN(Cc4ccccc4)CC3)ncn2)cc1. The largest absolute Gasteiger partial charge is 0.478 e. The minimum Gasteiger partial charge on any atom is -0.478 e. The van der Waals surface area contributed by atoms with Crippen molar-refractivity contribution in [1.29, 1.82) is 0 Å². The highest BCUT2D eigenvalue weighted by atomic mass is 16.4. The predicted molar refractivity (Wildman–Crippen MR) is 113 cm³/mol. The molecule has 0 unspecified atom stereocenters. The van der Waals surface area contributed by atoms with Crippen LogP contribution in [-0.4, -0.2) is 52.1 Å². The summed E-state index contributed by atoms with van der Waals surface area (Å²) in [6.45, 7) is 4.77. The first-order valence-corrected chi connectivity index (χ1v) is 9.61. The molecule has 0 saturated carbocycles. The summed E-state index contributed by atoms with van der Waals surface area (Å²) in [6, 6.07) is 19.1. The normalized spacial score (nSPS) is 14.6. The third-order valence-electron chi connectivity index (χ3n) is 5.00. The highest BCUT2D eigenvalue weighted by molar-refractivity contribution is 5.88. The second-order valence-corrected chi connectivity index (χ2v) is 7.02. The van der Waals surface area contributed by atoms with Crippen molar-refractivity contribution in [2.45, 2.75) is 6.54 Å². The molecule has 0 aliphatic carbocycles. The van der Waals surface area contributed by atoms with Crippen molar-refractivity contribution < 1.29 is 9.90 Å². The standard InChI is InChI=1S/C22H23N5O2/c28-22(29)18-6-8-19(9-7-18)25-20-14-21(24-16-23-20)27-12-10-26(11-13-27)15-17-4-2-1-3-5-17/h1-9,14,16H,10-13,15H2,(H,28,29)(H,23,24,25). The molecule has 1 aliphatic heterocycles. The van der Waals surface area contributed by atoms with Crippen LogP contribution in [0.1, 0.15) is 15.9 Å². The Morgan fingerprint density at radius 2 is 1.69 bits per heavy atom. The number of hydrogen-bond donors (Lipinski definition) is 2. The first-order chi connectivity index (χ1) is 14.2. The van der Waals surface area contributed by atoms with Crippen LogP contribution in [0, 0.1) is 0 Å². The van der Waals surface area contributed by atoms with Crippen LogP contribution in [0.25, 0.3) is 0 Å². The van der Waals surface area contributed by atoms with Crippen molar-refractivity contribution >= 4 is 23.3 Å². The van der Waals surface area contributed by atoms with Gasteiger partial charge in [0.05, 0.1) is 5.56 Å². The Labute approximate surface area is 169 Å². The fraction of sp³-hybridized carbons (Fsp3) is 0.227. The lowest BCUT2D eigenvalue weighted by Crippen LogP contribution is -2.46. The molecule has 2 N–H and O–H groups in total. The Hall–Kier alpha value is -3.45. The van der Waals surface area contributed by atoms with E-state index in [1.807, 2.05) is 12.1 Å². The molecule has 0 bridgehead atoms. The molecule has 2 aromatic carbocycles. The zero-order valence-corrected chi connectivity index (χ0v) is 16.0. The molecule has 7 nitrogen and oxygen atoms in total. The second-order valence-electron chi connectivity index (χ2n) is 7.02. The van der Waals surface area contributed by atoms with E-state index in [2.05, 4.69) is 49.4 Å². The van der Waals surface area contributed by atoms with Gasteiger partial charge in [0.1, 0.15) is 18.0 Å². The molecule has 1 aliphatic rings. The number of anilines is 3. The van der Waals surface area contributed by atoms with Crippen LogP contribution in [0.5, 0.6) is 0 Å².